The summed E-state index contributed by atoms with van der Waals surface area (Å²) < 4.78 is 5.48. The van der Waals surface area contributed by atoms with Gasteiger partial charge in [0, 0.05) is 18.7 Å². The predicted octanol–water partition coefficient (Wildman–Crippen LogP) is 4.76. The molecule has 1 aliphatic heterocycles. The Hall–Kier alpha value is -2.93. The van der Waals surface area contributed by atoms with Crippen molar-refractivity contribution in [2.75, 3.05) is 29.9 Å². The van der Waals surface area contributed by atoms with E-state index in [0.717, 1.165) is 40.9 Å². The van der Waals surface area contributed by atoms with Gasteiger partial charge >= 0.3 is 0 Å². The Labute approximate surface area is 174 Å². The Morgan fingerprint density at radius 3 is 2.59 bits per heavy atom. The van der Waals surface area contributed by atoms with Crippen molar-refractivity contribution in [3.8, 4) is 16.3 Å². The maximum Gasteiger partial charge on any atom is 0.267 e. The largest absolute Gasteiger partial charge is 0.494 e. The molecule has 2 aromatic heterocycles. The molecule has 3 aromatic rings. The van der Waals surface area contributed by atoms with E-state index in [4.69, 9.17) is 4.74 Å². The monoisotopic (exact) mass is 408 g/mol. The van der Waals surface area contributed by atoms with Crippen molar-refractivity contribution in [2.45, 2.75) is 26.7 Å². The number of hydrogen-bond acceptors (Lipinski definition) is 6. The molecule has 29 heavy (non-hydrogen) atoms. The SMILES string of the molecule is CCOc1ccc(-c2nc(C)c(C(=O)Nc3ccc(N4CCCC4)nc3)s2)cc1. The third kappa shape index (κ3) is 4.40. The number of rotatable bonds is 6. The van der Waals surface area contributed by atoms with Crippen LogP contribution in [0.1, 0.15) is 35.1 Å². The lowest BCUT2D eigenvalue weighted by Gasteiger charge is -2.16. The van der Waals surface area contributed by atoms with Gasteiger partial charge in [0.25, 0.3) is 5.91 Å². The lowest BCUT2D eigenvalue weighted by molar-refractivity contribution is 0.103. The zero-order valence-corrected chi connectivity index (χ0v) is 17.5. The van der Waals surface area contributed by atoms with Crippen LogP contribution in [0.2, 0.25) is 0 Å². The van der Waals surface area contributed by atoms with Crippen LogP contribution in [0.15, 0.2) is 42.6 Å². The number of pyridine rings is 1. The van der Waals surface area contributed by atoms with Crippen LogP contribution >= 0.6 is 11.3 Å². The molecule has 150 valence electrons. The fourth-order valence-electron chi connectivity index (χ4n) is 3.37. The highest BCUT2D eigenvalue weighted by molar-refractivity contribution is 7.17. The number of thiazole rings is 1. The summed E-state index contributed by atoms with van der Waals surface area (Å²) >= 11 is 1.39. The van der Waals surface area contributed by atoms with Crippen LogP contribution in [0, 0.1) is 6.92 Å². The summed E-state index contributed by atoms with van der Waals surface area (Å²) in [5.41, 5.74) is 2.38. The van der Waals surface area contributed by atoms with E-state index in [2.05, 4.69) is 20.2 Å². The molecule has 0 aliphatic carbocycles. The van der Waals surface area contributed by atoms with Gasteiger partial charge < -0.3 is 15.0 Å². The first kappa shape index (κ1) is 19.4. The van der Waals surface area contributed by atoms with E-state index in [-0.39, 0.29) is 5.91 Å². The fourth-order valence-corrected chi connectivity index (χ4v) is 4.34. The van der Waals surface area contributed by atoms with E-state index in [0.29, 0.717) is 17.2 Å². The number of ether oxygens (including phenoxy) is 1. The standard InChI is InChI=1S/C22H24N4O2S/c1-3-28-18-9-6-16(7-10-18)22-24-15(2)20(29-22)21(27)25-17-8-11-19(23-14-17)26-12-4-5-13-26/h6-11,14H,3-5,12-13H2,1-2H3,(H,25,27). The molecule has 0 saturated carbocycles. The molecular formula is C22H24N4O2S. The molecule has 3 heterocycles. The van der Waals surface area contributed by atoms with Crippen LogP contribution in [-0.4, -0.2) is 35.6 Å². The van der Waals surface area contributed by atoms with Gasteiger partial charge in [0.1, 0.15) is 21.5 Å². The molecule has 0 radical (unpaired) electrons. The molecule has 7 heteroatoms. The smallest absolute Gasteiger partial charge is 0.267 e. The second-order valence-electron chi connectivity index (χ2n) is 6.94. The van der Waals surface area contributed by atoms with Crippen LogP contribution in [0.4, 0.5) is 11.5 Å². The summed E-state index contributed by atoms with van der Waals surface area (Å²) in [6, 6.07) is 11.6. The normalized spacial score (nSPS) is 13.5. The zero-order chi connectivity index (χ0) is 20.2. The fraction of sp³-hybridized carbons (Fsp3) is 0.318. The van der Waals surface area contributed by atoms with Crippen molar-refractivity contribution in [3.63, 3.8) is 0 Å². The van der Waals surface area contributed by atoms with Crippen molar-refractivity contribution < 1.29 is 9.53 Å². The number of nitrogens with zero attached hydrogens (tertiary/aromatic N) is 3. The van der Waals surface area contributed by atoms with Crippen LogP contribution in [0.5, 0.6) is 5.75 Å². The summed E-state index contributed by atoms with van der Waals surface area (Å²) in [6.07, 6.45) is 4.14. The van der Waals surface area contributed by atoms with Gasteiger partial charge in [-0.3, -0.25) is 4.79 Å². The summed E-state index contributed by atoms with van der Waals surface area (Å²) in [5.74, 6) is 1.63. The molecule has 1 N–H and O–H groups in total. The first-order valence-electron chi connectivity index (χ1n) is 9.87. The van der Waals surface area contributed by atoms with Gasteiger partial charge in [-0.15, -0.1) is 11.3 Å². The number of nitrogens with one attached hydrogen (secondary N) is 1. The molecular weight excluding hydrogens is 384 g/mol. The van der Waals surface area contributed by atoms with Crippen molar-refractivity contribution in [1.29, 1.82) is 0 Å². The van der Waals surface area contributed by atoms with E-state index in [9.17, 15) is 4.79 Å². The summed E-state index contributed by atoms with van der Waals surface area (Å²) in [7, 11) is 0. The van der Waals surface area contributed by atoms with E-state index in [1.165, 1.54) is 24.2 Å². The minimum Gasteiger partial charge on any atom is -0.494 e. The van der Waals surface area contributed by atoms with Gasteiger partial charge in [-0.1, -0.05) is 0 Å². The van der Waals surface area contributed by atoms with Crippen molar-refractivity contribution in [2.24, 2.45) is 0 Å². The highest BCUT2D eigenvalue weighted by atomic mass is 32.1. The minimum absolute atomic E-state index is 0.159. The maximum atomic E-state index is 12.8. The van der Waals surface area contributed by atoms with E-state index >= 15 is 0 Å². The second kappa shape index (κ2) is 8.61. The first-order chi connectivity index (χ1) is 14.1. The number of benzene rings is 1. The number of hydrogen-bond donors (Lipinski definition) is 1. The summed E-state index contributed by atoms with van der Waals surface area (Å²) in [6.45, 7) is 6.55. The van der Waals surface area contributed by atoms with Crippen molar-refractivity contribution in [1.82, 2.24) is 9.97 Å². The van der Waals surface area contributed by atoms with E-state index in [1.54, 1.807) is 6.20 Å². The number of carbonyl (C=O) groups is 1. The average molecular weight is 409 g/mol. The maximum absolute atomic E-state index is 12.8. The molecule has 1 saturated heterocycles. The Morgan fingerprint density at radius 2 is 1.93 bits per heavy atom. The lowest BCUT2D eigenvalue weighted by atomic mass is 10.2. The number of aromatic nitrogens is 2. The van der Waals surface area contributed by atoms with Gasteiger partial charge in [-0.2, -0.15) is 0 Å². The number of aryl methyl sites for hydroxylation is 1. The first-order valence-corrected chi connectivity index (χ1v) is 10.7. The third-order valence-corrected chi connectivity index (χ3v) is 6.06. The molecule has 1 aromatic carbocycles. The molecule has 1 fully saturated rings. The molecule has 1 amide bonds. The third-order valence-electron chi connectivity index (χ3n) is 4.85. The Kier molecular flexibility index (Phi) is 5.76. The number of amides is 1. The van der Waals surface area contributed by atoms with Crippen molar-refractivity contribution in [3.05, 3.63) is 53.2 Å². The molecule has 0 atom stereocenters. The van der Waals surface area contributed by atoms with Gasteiger partial charge in [0.15, 0.2) is 0 Å². The quantitative estimate of drug-likeness (QED) is 0.637. The second-order valence-corrected chi connectivity index (χ2v) is 7.94. The lowest BCUT2D eigenvalue weighted by Crippen LogP contribution is -2.19. The number of anilines is 2. The van der Waals surface area contributed by atoms with Crippen LogP contribution < -0.4 is 15.0 Å². The van der Waals surface area contributed by atoms with Crippen LogP contribution in [0.25, 0.3) is 10.6 Å². The molecule has 0 bridgehead atoms. The predicted molar refractivity (Wildman–Crippen MR) is 117 cm³/mol. The Bertz CT molecular complexity index is 977. The molecule has 4 rings (SSSR count). The highest BCUT2D eigenvalue weighted by Crippen LogP contribution is 2.30. The Balaban J connectivity index is 1.46. The number of carbonyl (C=O) groups excluding carboxylic acids is 1. The van der Waals surface area contributed by atoms with Gasteiger partial charge in [0.2, 0.25) is 0 Å². The van der Waals surface area contributed by atoms with Gasteiger partial charge in [-0.05, 0) is 63.1 Å². The molecule has 0 spiro atoms. The van der Waals surface area contributed by atoms with Crippen molar-refractivity contribution >= 4 is 28.7 Å². The van der Waals surface area contributed by atoms with E-state index < -0.39 is 0 Å². The summed E-state index contributed by atoms with van der Waals surface area (Å²) in [4.78, 5) is 24.7. The topological polar surface area (TPSA) is 67.3 Å². The molecule has 0 unspecified atom stereocenters. The Morgan fingerprint density at radius 1 is 1.17 bits per heavy atom. The zero-order valence-electron chi connectivity index (χ0n) is 16.6. The van der Waals surface area contributed by atoms with Crippen LogP contribution in [-0.2, 0) is 0 Å². The van der Waals surface area contributed by atoms with E-state index in [1.807, 2.05) is 50.2 Å². The van der Waals surface area contributed by atoms with Gasteiger partial charge in [0.05, 0.1) is 24.2 Å². The minimum atomic E-state index is -0.159. The van der Waals surface area contributed by atoms with Gasteiger partial charge in [-0.25, -0.2) is 9.97 Å². The summed E-state index contributed by atoms with van der Waals surface area (Å²) in [5, 5.41) is 3.76. The molecule has 6 nitrogen and oxygen atoms in total. The average Bonchev–Trinajstić information content (AvgIpc) is 3.39. The van der Waals surface area contributed by atoms with Crippen LogP contribution in [0.3, 0.4) is 0 Å². The highest BCUT2D eigenvalue weighted by Gasteiger charge is 2.17. The molecule has 1 aliphatic rings.